The highest BCUT2D eigenvalue weighted by Gasteiger charge is 2.12. The van der Waals surface area contributed by atoms with Gasteiger partial charge in [-0.05, 0) is 82.5 Å². The van der Waals surface area contributed by atoms with Crippen LogP contribution in [-0.4, -0.2) is 64.9 Å². The van der Waals surface area contributed by atoms with Gasteiger partial charge in [0, 0.05) is 46.6 Å². The largest absolute Gasteiger partial charge is 0.386 e. The maximum absolute atomic E-state index is 12.9. The zero-order valence-electron chi connectivity index (χ0n) is 29.9. The number of carbonyl (C=O) groups excluding carboxylic acids is 2. The number of rotatable bonds is 18. The Kier molecular flexibility index (Phi) is 16.6. The number of benzene rings is 2. The number of nitrogens with two attached hydrogens (primary N) is 7. The lowest BCUT2D eigenvalue weighted by atomic mass is 10.0. The first-order valence-electron chi connectivity index (χ1n) is 16.2. The fourth-order valence-electron chi connectivity index (χ4n) is 4.47. The van der Waals surface area contributed by atoms with Crippen LogP contribution in [0.5, 0.6) is 0 Å². The van der Waals surface area contributed by atoms with E-state index in [4.69, 9.17) is 45.5 Å². The van der Waals surface area contributed by atoms with Crippen molar-refractivity contribution in [1.29, 1.82) is 5.41 Å². The third-order valence-electron chi connectivity index (χ3n) is 7.10. The van der Waals surface area contributed by atoms with Gasteiger partial charge in [-0.1, -0.05) is 12.8 Å². The molecule has 17 N–H and O–H groups in total. The molecule has 0 aliphatic rings. The fraction of sp³-hybridized carbons (Fsp3) is 0.333. The minimum absolute atomic E-state index is 0.0439. The predicted molar refractivity (Wildman–Crippen MR) is 211 cm³/mol. The maximum Gasteiger partial charge on any atom is 0.224 e. The van der Waals surface area contributed by atoms with Crippen molar-refractivity contribution in [3.8, 4) is 0 Å². The van der Waals surface area contributed by atoms with Gasteiger partial charge in [-0.15, -0.1) is 15.3 Å². The van der Waals surface area contributed by atoms with Crippen molar-refractivity contribution >= 4 is 69.8 Å². The quantitative estimate of drug-likeness (QED) is 0.0460. The summed E-state index contributed by atoms with van der Waals surface area (Å²) in [6.07, 6.45) is 3.28. The number of carbonyl (C=O) groups is 2. The lowest BCUT2D eigenvalue weighted by Gasteiger charge is -2.12. The van der Waals surface area contributed by atoms with Crippen molar-refractivity contribution in [2.45, 2.75) is 66.2 Å². The van der Waals surface area contributed by atoms with E-state index >= 15 is 0 Å². The van der Waals surface area contributed by atoms with Gasteiger partial charge in [0.05, 0.1) is 23.7 Å². The molecule has 0 aromatic heterocycles. The van der Waals surface area contributed by atoms with Crippen molar-refractivity contribution in [2.24, 2.45) is 75.7 Å². The van der Waals surface area contributed by atoms with Crippen LogP contribution in [0, 0.1) is 5.41 Å². The van der Waals surface area contributed by atoms with Gasteiger partial charge in [0.25, 0.3) is 0 Å². The molecule has 2 aromatic rings. The summed E-state index contributed by atoms with van der Waals surface area (Å²) in [5.41, 5.74) is 43.7. The first-order chi connectivity index (χ1) is 24.5. The highest BCUT2D eigenvalue weighted by Crippen LogP contribution is 2.20. The van der Waals surface area contributed by atoms with Crippen molar-refractivity contribution in [3.05, 3.63) is 58.7 Å². The Morgan fingerprint density at radius 3 is 1.15 bits per heavy atom. The number of unbranched alkanes of at least 4 members (excludes halogenated alkanes) is 3. The molecule has 0 saturated heterocycles. The summed E-state index contributed by atoms with van der Waals surface area (Å²) in [5.74, 6) is -1.01. The predicted octanol–water partition coefficient (Wildman–Crippen LogP) is 1.34. The standard InChI is InChI=1S/C33H49N17O2/c1-18(42-17-28(34)35)22-11-23(19(2)45-48-31(36)37)14-26(13-22)43-29(51)9-7-5-6-8-10-30(52)44-27-15-24(20(3)46-49-32(38)39)12-25(16-27)21(4)47-50-33(40)41/h11-16H,5-10,17H2,1-4H3,(H3,34,35)(H,43,51)(H,44,52)(H4,36,37,48)(H4,38,39,49)(H4,40,41,50)/b42-18?,45-19+,46-20+,47-21+. The van der Waals surface area contributed by atoms with Crippen LogP contribution in [0.25, 0.3) is 0 Å². The van der Waals surface area contributed by atoms with Gasteiger partial charge in [-0.25, -0.2) is 0 Å². The summed E-state index contributed by atoms with van der Waals surface area (Å²) in [7, 11) is 0. The van der Waals surface area contributed by atoms with Crippen LogP contribution in [-0.2, 0) is 9.59 Å². The summed E-state index contributed by atoms with van der Waals surface area (Å²) in [4.78, 5) is 30.0. The van der Waals surface area contributed by atoms with Gasteiger partial charge in [0.1, 0.15) is 5.84 Å². The molecular formula is C33H49N17O2. The van der Waals surface area contributed by atoms with Gasteiger partial charge >= 0.3 is 0 Å². The zero-order chi connectivity index (χ0) is 38.8. The van der Waals surface area contributed by atoms with Crippen molar-refractivity contribution in [3.63, 3.8) is 0 Å². The molecule has 2 rings (SSSR count). The van der Waals surface area contributed by atoms with E-state index in [0.29, 0.717) is 69.3 Å². The fourth-order valence-corrected chi connectivity index (χ4v) is 4.47. The molecule has 0 unspecified atom stereocenters. The number of guanidine groups is 3. The molecule has 19 heteroatoms. The average Bonchev–Trinajstić information content (AvgIpc) is 3.08. The van der Waals surface area contributed by atoms with Crippen LogP contribution < -0.4 is 50.8 Å². The molecule has 0 aliphatic carbocycles. The number of hydrogen-bond donors (Lipinski definition) is 10. The van der Waals surface area contributed by atoms with E-state index in [1.54, 1.807) is 58.0 Å². The molecule has 0 heterocycles. The number of nitrogens with zero attached hydrogens (tertiary/aromatic N) is 7. The number of aliphatic imine (C=N–C) groups is 1. The second kappa shape index (κ2) is 20.8. The molecule has 0 radical (unpaired) electrons. The van der Waals surface area contributed by atoms with Gasteiger partial charge in [-0.3, -0.25) is 20.0 Å². The minimum Gasteiger partial charge on any atom is -0.386 e. The first kappa shape index (κ1) is 41.5. The Bertz CT molecular complexity index is 1770. The highest BCUT2D eigenvalue weighted by molar-refractivity contribution is 6.07. The lowest BCUT2D eigenvalue weighted by molar-refractivity contribution is -0.117. The first-order valence-corrected chi connectivity index (χ1v) is 16.2. The molecule has 52 heavy (non-hydrogen) atoms. The third-order valence-corrected chi connectivity index (χ3v) is 7.10. The Morgan fingerprint density at radius 2 is 0.846 bits per heavy atom. The zero-order valence-corrected chi connectivity index (χ0v) is 29.9. The van der Waals surface area contributed by atoms with Crippen LogP contribution in [0.3, 0.4) is 0 Å². The summed E-state index contributed by atoms with van der Waals surface area (Å²) in [6.45, 7) is 6.99. The van der Waals surface area contributed by atoms with E-state index in [2.05, 4.69) is 46.2 Å². The van der Waals surface area contributed by atoms with Gasteiger partial charge < -0.3 is 50.8 Å². The summed E-state index contributed by atoms with van der Waals surface area (Å²) >= 11 is 0. The number of anilines is 2. The molecule has 0 atom stereocenters. The average molecular weight is 716 g/mol. The van der Waals surface area contributed by atoms with E-state index in [1.807, 2.05) is 6.07 Å². The number of amidine groups is 1. The number of nitrogens with one attached hydrogen (secondary N) is 3. The van der Waals surface area contributed by atoms with Crippen molar-refractivity contribution < 1.29 is 9.59 Å². The van der Waals surface area contributed by atoms with Crippen LogP contribution in [0.15, 0.2) is 72.0 Å². The summed E-state index contributed by atoms with van der Waals surface area (Å²) < 4.78 is 0. The molecule has 0 aliphatic heterocycles. The second-order valence-electron chi connectivity index (χ2n) is 11.7. The number of amides is 2. The molecule has 2 amide bonds. The summed E-state index contributed by atoms with van der Waals surface area (Å²) in [6, 6.07) is 10.6. The Balaban J connectivity index is 2.01. The molecule has 0 spiro atoms. The van der Waals surface area contributed by atoms with E-state index in [9.17, 15) is 9.59 Å². The van der Waals surface area contributed by atoms with Crippen molar-refractivity contribution in [2.75, 3.05) is 17.2 Å². The lowest BCUT2D eigenvalue weighted by Crippen LogP contribution is -2.22. The Morgan fingerprint density at radius 1 is 0.519 bits per heavy atom. The van der Waals surface area contributed by atoms with Gasteiger partial charge in [0.15, 0.2) is 0 Å². The topological polar surface area (TPSA) is 351 Å². The van der Waals surface area contributed by atoms with E-state index in [-0.39, 0.29) is 54.9 Å². The molecular weight excluding hydrogens is 666 g/mol. The van der Waals surface area contributed by atoms with Gasteiger partial charge in [0.2, 0.25) is 29.7 Å². The van der Waals surface area contributed by atoms with Gasteiger partial charge in [-0.2, -0.15) is 15.3 Å². The van der Waals surface area contributed by atoms with E-state index in [0.717, 1.165) is 12.8 Å². The third kappa shape index (κ3) is 15.7. The molecule has 0 bridgehead atoms. The Labute approximate surface area is 302 Å². The molecule has 278 valence electrons. The minimum atomic E-state index is -0.194. The van der Waals surface area contributed by atoms with Crippen LogP contribution >= 0.6 is 0 Å². The molecule has 2 aromatic carbocycles. The van der Waals surface area contributed by atoms with Crippen LogP contribution in [0.4, 0.5) is 11.4 Å². The monoisotopic (exact) mass is 715 g/mol. The normalized spacial score (nSPS) is 12.1. The second-order valence-corrected chi connectivity index (χ2v) is 11.7. The summed E-state index contributed by atoms with van der Waals surface area (Å²) in [5, 5.41) is 36.5. The number of hydrogen-bond acceptors (Lipinski definition) is 10. The highest BCUT2D eigenvalue weighted by atomic mass is 16.2. The molecule has 19 nitrogen and oxygen atoms in total. The SMILES string of the molecule is CC(=NCC(=N)N)c1cc(NC(=O)CCCCCCC(=O)Nc2cc(/C(C)=N/N=C(N)N)cc(/C(C)=N/N=C(N)N)c2)cc(/C(C)=N/N=C(N)N)c1. The van der Waals surface area contributed by atoms with E-state index in [1.165, 1.54) is 0 Å². The van der Waals surface area contributed by atoms with Crippen LogP contribution in [0.1, 0.15) is 88.5 Å². The Hall–Kier alpha value is -6.66. The van der Waals surface area contributed by atoms with E-state index < -0.39 is 0 Å². The maximum atomic E-state index is 12.9. The van der Waals surface area contributed by atoms with Crippen molar-refractivity contribution in [1.82, 2.24) is 0 Å². The molecule has 0 saturated carbocycles. The smallest absolute Gasteiger partial charge is 0.224 e. The molecule has 0 fully saturated rings. The van der Waals surface area contributed by atoms with Crippen LogP contribution in [0.2, 0.25) is 0 Å².